The fourth-order valence-electron chi connectivity index (χ4n) is 2.26. The van der Waals surface area contributed by atoms with E-state index < -0.39 is 11.9 Å². The number of nitrogens with one attached hydrogen (secondary N) is 1. The van der Waals surface area contributed by atoms with Crippen molar-refractivity contribution in [1.29, 1.82) is 0 Å². The first-order valence-electron chi connectivity index (χ1n) is 6.98. The molecule has 4 nitrogen and oxygen atoms in total. The van der Waals surface area contributed by atoms with Crippen LogP contribution in [0.1, 0.15) is 38.7 Å². The molecule has 0 bridgehead atoms. The number of benzene rings is 1. The van der Waals surface area contributed by atoms with Crippen LogP contribution in [0.15, 0.2) is 30.3 Å². The third kappa shape index (κ3) is 4.94. The summed E-state index contributed by atoms with van der Waals surface area (Å²) in [6.45, 7) is 6.70. The van der Waals surface area contributed by atoms with Gasteiger partial charge >= 0.3 is 5.97 Å². The first-order chi connectivity index (χ1) is 9.36. The first kappa shape index (κ1) is 16.7. The fourth-order valence-corrected chi connectivity index (χ4v) is 2.26. The number of carboxylic acids is 1. The van der Waals surface area contributed by atoms with E-state index in [9.17, 15) is 9.90 Å². The van der Waals surface area contributed by atoms with Gasteiger partial charge in [-0.2, -0.15) is 0 Å². The molecule has 4 heteroatoms. The van der Waals surface area contributed by atoms with Gasteiger partial charge in [-0.15, -0.1) is 0 Å². The first-order valence-corrected chi connectivity index (χ1v) is 6.98. The highest BCUT2D eigenvalue weighted by Crippen LogP contribution is 2.23. The quantitative estimate of drug-likeness (QED) is 0.716. The molecule has 0 heterocycles. The lowest BCUT2D eigenvalue weighted by atomic mass is 9.84. The van der Waals surface area contributed by atoms with Crippen LogP contribution in [0.3, 0.4) is 0 Å². The minimum atomic E-state index is -0.833. The van der Waals surface area contributed by atoms with E-state index >= 15 is 0 Å². The van der Waals surface area contributed by atoms with Crippen LogP contribution in [0.4, 0.5) is 0 Å². The molecule has 0 saturated heterocycles. The molecule has 0 aromatic heterocycles. The van der Waals surface area contributed by atoms with Gasteiger partial charge in [-0.3, -0.25) is 4.79 Å². The summed E-state index contributed by atoms with van der Waals surface area (Å²) >= 11 is 0. The second-order valence-electron chi connectivity index (χ2n) is 6.14. The van der Waals surface area contributed by atoms with Crippen LogP contribution in [-0.4, -0.2) is 35.4 Å². The number of aliphatic carboxylic acids is 1. The van der Waals surface area contributed by atoms with Crippen molar-refractivity contribution < 1.29 is 15.0 Å². The fraction of sp³-hybridized carbons (Fsp3) is 0.562. The predicted octanol–water partition coefficient (Wildman–Crippen LogP) is 2.24. The summed E-state index contributed by atoms with van der Waals surface area (Å²) in [6, 6.07) is 9.31. The normalized spacial score (nSPS) is 14.8. The van der Waals surface area contributed by atoms with E-state index in [1.165, 1.54) is 0 Å². The molecular weight excluding hydrogens is 254 g/mol. The molecule has 20 heavy (non-hydrogen) atoms. The molecule has 0 aliphatic rings. The van der Waals surface area contributed by atoms with Crippen LogP contribution in [0.5, 0.6) is 0 Å². The molecule has 0 saturated carbocycles. The molecule has 2 atom stereocenters. The lowest BCUT2D eigenvalue weighted by molar-refractivity contribution is -0.138. The number of carbonyl (C=O) groups is 1. The van der Waals surface area contributed by atoms with E-state index in [2.05, 4.69) is 26.1 Å². The minimum Gasteiger partial charge on any atom is -0.481 e. The van der Waals surface area contributed by atoms with E-state index in [1.54, 1.807) is 0 Å². The summed E-state index contributed by atoms with van der Waals surface area (Å²) in [4.78, 5) is 11.4. The van der Waals surface area contributed by atoms with Crippen molar-refractivity contribution in [3.05, 3.63) is 35.9 Å². The zero-order valence-corrected chi connectivity index (χ0v) is 12.5. The zero-order valence-electron chi connectivity index (χ0n) is 12.5. The van der Waals surface area contributed by atoms with Gasteiger partial charge < -0.3 is 15.5 Å². The summed E-state index contributed by atoms with van der Waals surface area (Å²) in [7, 11) is 0. The van der Waals surface area contributed by atoms with Crippen molar-refractivity contribution in [2.45, 2.75) is 39.2 Å². The van der Waals surface area contributed by atoms with E-state index in [1.807, 2.05) is 30.3 Å². The number of hydrogen-bond acceptors (Lipinski definition) is 3. The number of aliphatic hydroxyl groups excluding tert-OH is 1. The highest BCUT2D eigenvalue weighted by molar-refractivity contribution is 5.76. The summed E-state index contributed by atoms with van der Waals surface area (Å²) in [5.74, 6) is -1.40. The van der Waals surface area contributed by atoms with Gasteiger partial charge in [-0.1, -0.05) is 51.1 Å². The van der Waals surface area contributed by atoms with Crippen molar-refractivity contribution in [1.82, 2.24) is 5.32 Å². The van der Waals surface area contributed by atoms with Crippen LogP contribution in [0, 0.1) is 5.41 Å². The topological polar surface area (TPSA) is 69.6 Å². The SMILES string of the molecule is CC(C)(C)C(CCO)NCC(C(=O)O)c1ccccc1. The zero-order chi connectivity index (χ0) is 15.2. The van der Waals surface area contributed by atoms with Crippen molar-refractivity contribution in [3.8, 4) is 0 Å². The molecule has 0 aliphatic heterocycles. The highest BCUT2D eigenvalue weighted by atomic mass is 16.4. The lowest BCUT2D eigenvalue weighted by Crippen LogP contribution is -2.43. The number of rotatable bonds is 7. The molecule has 1 rings (SSSR count). The van der Waals surface area contributed by atoms with Gasteiger partial charge in [0.25, 0.3) is 0 Å². The standard InChI is InChI=1S/C16H25NO3/c1-16(2,3)14(9-10-18)17-11-13(15(19)20)12-7-5-4-6-8-12/h4-8,13-14,17-18H,9-11H2,1-3H3,(H,19,20). The molecule has 1 aromatic rings. The van der Waals surface area contributed by atoms with Gasteiger partial charge in [-0.25, -0.2) is 0 Å². The van der Waals surface area contributed by atoms with Gasteiger partial charge in [0.05, 0.1) is 5.92 Å². The molecule has 3 N–H and O–H groups in total. The van der Waals surface area contributed by atoms with Crippen LogP contribution in [-0.2, 0) is 4.79 Å². The molecule has 0 spiro atoms. The summed E-state index contributed by atoms with van der Waals surface area (Å²) in [5, 5.41) is 21.8. The second-order valence-corrected chi connectivity index (χ2v) is 6.14. The molecule has 0 aliphatic carbocycles. The summed E-state index contributed by atoms with van der Waals surface area (Å²) < 4.78 is 0. The van der Waals surface area contributed by atoms with Crippen molar-refractivity contribution in [2.75, 3.05) is 13.2 Å². The van der Waals surface area contributed by atoms with Crippen LogP contribution < -0.4 is 5.32 Å². The Kier molecular flexibility index (Phi) is 6.17. The maximum atomic E-state index is 11.4. The predicted molar refractivity (Wildman–Crippen MR) is 79.8 cm³/mol. The molecular formula is C16H25NO3. The maximum absolute atomic E-state index is 11.4. The van der Waals surface area contributed by atoms with Gasteiger partial charge in [-0.05, 0) is 17.4 Å². The third-order valence-corrected chi connectivity index (χ3v) is 3.53. The van der Waals surface area contributed by atoms with Crippen LogP contribution >= 0.6 is 0 Å². The monoisotopic (exact) mass is 279 g/mol. The molecule has 0 fully saturated rings. The Morgan fingerprint density at radius 1 is 1.25 bits per heavy atom. The summed E-state index contributed by atoms with van der Waals surface area (Å²) in [5.41, 5.74) is 0.770. The largest absolute Gasteiger partial charge is 0.481 e. The van der Waals surface area contributed by atoms with Gasteiger partial charge in [0.2, 0.25) is 0 Å². The lowest BCUT2D eigenvalue weighted by Gasteiger charge is -2.32. The van der Waals surface area contributed by atoms with Crippen molar-refractivity contribution in [2.24, 2.45) is 5.41 Å². The Morgan fingerprint density at radius 2 is 1.85 bits per heavy atom. The van der Waals surface area contributed by atoms with E-state index in [0.717, 1.165) is 5.56 Å². The highest BCUT2D eigenvalue weighted by Gasteiger charge is 2.26. The minimum absolute atomic E-state index is 0.0253. The Bertz CT molecular complexity index is 411. The Labute approximate surface area is 120 Å². The second kappa shape index (κ2) is 7.41. The number of aliphatic hydroxyl groups is 1. The van der Waals surface area contributed by atoms with Crippen molar-refractivity contribution >= 4 is 5.97 Å². The Morgan fingerprint density at radius 3 is 2.30 bits per heavy atom. The van der Waals surface area contributed by atoms with E-state index in [-0.39, 0.29) is 18.1 Å². The van der Waals surface area contributed by atoms with Gasteiger partial charge in [0.15, 0.2) is 0 Å². The maximum Gasteiger partial charge on any atom is 0.312 e. The van der Waals surface area contributed by atoms with Gasteiger partial charge in [0, 0.05) is 19.2 Å². The van der Waals surface area contributed by atoms with Gasteiger partial charge in [0.1, 0.15) is 0 Å². The number of carboxylic acid groups (broad SMARTS) is 1. The van der Waals surface area contributed by atoms with E-state index in [0.29, 0.717) is 13.0 Å². The van der Waals surface area contributed by atoms with Crippen LogP contribution in [0.2, 0.25) is 0 Å². The molecule has 1 aromatic carbocycles. The van der Waals surface area contributed by atoms with Crippen LogP contribution in [0.25, 0.3) is 0 Å². The number of hydrogen-bond donors (Lipinski definition) is 3. The third-order valence-electron chi connectivity index (χ3n) is 3.53. The summed E-state index contributed by atoms with van der Waals surface area (Å²) in [6.07, 6.45) is 0.616. The Hall–Kier alpha value is -1.39. The van der Waals surface area contributed by atoms with E-state index in [4.69, 9.17) is 5.11 Å². The average Bonchev–Trinajstić information content (AvgIpc) is 2.37. The Balaban J connectivity index is 2.74. The molecule has 0 radical (unpaired) electrons. The molecule has 112 valence electrons. The smallest absolute Gasteiger partial charge is 0.312 e. The molecule has 0 amide bonds. The molecule has 2 unspecified atom stereocenters. The van der Waals surface area contributed by atoms with Crippen molar-refractivity contribution in [3.63, 3.8) is 0 Å². The average molecular weight is 279 g/mol.